The van der Waals surface area contributed by atoms with Crippen LogP contribution in [-0.4, -0.2) is 33.0 Å². The second kappa shape index (κ2) is 6.73. The third kappa shape index (κ3) is 3.70. The Labute approximate surface area is 109 Å². The fourth-order valence-electron chi connectivity index (χ4n) is 1.61. The van der Waals surface area contributed by atoms with Crippen molar-refractivity contribution in [3.8, 4) is 5.75 Å². The van der Waals surface area contributed by atoms with Crippen LogP contribution in [0.2, 0.25) is 0 Å². The minimum atomic E-state index is -0.444. The molecule has 1 rings (SSSR count). The van der Waals surface area contributed by atoms with Crippen molar-refractivity contribution < 1.29 is 14.2 Å². The van der Waals surface area contributed by atoms with Crippen molar-refractivity contribution in [3.05, 3.63) is 29.8 Å². The van der Waals surface area contributed by atoms with Crippen molar-refractivity contribution in [2.24, 2.45) is 5.73 Å². The molecule has 4 nitrogen and oxygen atoms in total. The molecule has 1 atom stereocenters. The van der Waals surface area contributed by atoms with Gasteiger partial charge in [-0.3, -0.25) is 0 Å². The zero-order valence-electron chi connectivity index (χ0n) is 11.6. The minimum absolute atomic E-state index is 0.249. The van der Waals surface area contributed by atoms with Gasteiger partial charge >= 0.3 is 0 Å². The molecule has 2 N–H and O–H groups in total. The van der Waals surface area contributed by atoms with Gasteiger partial charge in [-0.25, -0.2) is 0 Å². The first kappa shape index (κ1) is 15.0. The fourth-order valence-corrected chi connectivity index (χ4v) is 1.61. The van der Waals surface area contributed by atoms with E-state index in [9.17, 15) is 0 Å². The monoisotopic (exact) mass is 253 g/mol. The van der Waals surface area contributed by atoms with E-state index in [1.54, 1.807) is 14.2 Å². The van der Waals surface area contributed by atoms with E-state index in [1.165, 1.54) is 0 Å². The Bertz CT molecular complexity index is 366. The number of hydrogen-bond acceptors (Lipinski definition) is 4. The maximum atomic E-state index is 6.25. The van der Waals surface area contributed by atoms with Crippen LogP contribution < -0.4 is 10.5 Å². The average molecular weight is 253 g/mol. The largest absolute Gasteiger partial charge is 0.491 e. The van der Waals surface area contributed by atoms with Crippen LogP contribution in [-0.2, 0) is 9.47 Å². The highest BCUT2D eigenvalue weighted by molar-refractivity contribution is 5.37. The van der Waals surface area contributed by atoms with E-state index < -0.39 is 5.60 Å². The number of methoxy groups -OCH3 is 2. The second-order valence-corrected chi connectivity index (χ2v) is 4.66. The van der Waals surface area contributed by atoms with Crippen LogP contribution in [0.3, 0.4) is 0 Å². The van der Waals surface area contributed by atoms with Gasteiger partial charge in [-0.2, -0.15) is 0 Å². The molecule has 4 heteroatoms. The zero-order valence-corrected chi connectivity index (χ0v) is 11.6. The summed E-state index contributed by atoms with van der Waals surface area (Å²) in [5.41, 5.74) is 6.75. The first-order valence-corrected chi connectivity index (χ1v) is 6.04. The summed E-state index contributed by atoms with van der Waals surface area (Å²) in [6.07, 6.45) is 0. The Hall–Kier alpha value is -1.10. The van der Waals surface area contributed by atoms with Gasteiger partial charge in [-0.15, -0.1) is 0 Å². The lowest BCUT2D eigenvalue weighted by Crippen LogP contribution is -2.37. The first-order valence-electron chi connectivity index (χ1n) is 6.04. The topological polar surface area (TPSA) is 53.7 Å². The van der Waals surface area contributed by atoms with Crippen LogP contribution in [0, 0.1) is 0 Å². The molecule has 0 heterocycles. The van der Waals surface area contributed by atoms with Crippen LogP contribution in [0.4, 0.5) is 0 Å². The molecule has 0 saturated carbocycles. The predicted octanol–water partition coefficient (Wildman–Crippen LogP) is 2.14. The van der Waals surface area contributed by atoms with E-state index in [4.69, 9.17) is 19.9 Å². The summed E-state index contributed by atoms with van der Waals surface area (Å²) in [6, 6.07) is 7.51. The van der Waals surface area contributed by atoms with Crippen molar-refractivity contribution >= 4 is 0 Å². The molecule has 0 spiro atoms. The van der Waals surface area contributed by atoms with Crippen molar-refractivity contribution in [1.29, 1.82) is 0 Å². The molecular weight excluding hydrogens is 230 g/mol. The highest BCUT2D eigenvalue weighted by Gasteiger charge is 2.29. The molecule has 1 unspecified atom stereocenters. The van der Waals surface area contributed by atoms with Crippen LogP contribution in [0.5, 0.6) is 5.75 Å². The molecule has 18 heavy (non-hydrogen) atoms. The summed E-state index contributed by atoms with van der Waals surface area (Å²) in [5, 5.41) is 0. The van der Waals surface area contributed by atoms with Gasteiger partial charge < -0.3 is 19.9 Å². The molecule has 1 aromatic carbocycles. The summed E-state index contributed by atoms with van der Waals surface area (Å²) in [6.45, 7) is 4.98. The van der Waals surface area contributed by atoms with Gasteiger partial charge in [0.1, 0.15) is 12.4 Å². The predicted molar refractivity (Wildman–Crippen MR) is 71.8 cm³/mol. The van der Waals surface area contributed by atoms with Crippen LogP contribution in [0.1, 0.15) is 25.5 Å². The maximum absolute atomic E-state index is 6.25. The highest BCUT2D eigenvalue weighted by Crippen LogP contribution is 2.32. The van der Waals surface area contributed by atoms with Gasteiger partial charge in [0, 0.05) is 19.8 Å². The van der Waals surface area contributed by atoms with Crippen LogP contribution >= 0.6 is 0 Å². The summed E-state index contributed by atoms with van der Waals surface area (Å²) >= 11 is 0. The fraction of sp³-hybridized carbons (Fsp3) is 0.571. The van der Waals surface area contributed by atoms with E-state index in [-0.39, 0.29) is 6.04 Å². The molecule has 0 aliphatic rings. The molecule has 0 saturated heterocycles. The van der Waals surface area contributed by atoms with Crippen molar-refractivity contribution in [2.75, 3.05) is 27.4 Å². The second-order valence-electron chi connectivity index (χ2n) is 4.66. The van der Waals surface area contributed by atoms with Gasteiger partial charge in [0.25, 0.3) is 0 Å². The van der Waals surface area contributed by atoms with Crippen LogP contribution in [0.25, 0.3) is 0 Å². The lowest BCUT2D eigenvalue weighted by atomic mass is 9.92. The number of benzene rings is 1. The van der Waals surface area contributed by atoms with E-state index in [0.717, 1.165) is 11.3 Å². The number of hydrogen-bond donors (Lipinski definition) is 1. The number of ether oxygens (including phenoxy) is 3. The Morgan fingerprint density at radius 3 is 2.44 bits per heavy atom. The SMILES string of the molecule is COCCOc1ccccc1C(N)C(C)(C)OC. The normalized spacial score (nSPS) is 13.4. The van der Waals surface area contributed by atoms with E-state index >= 15 is 0 Å². The molecule has 0 fully saturated rings. The van der Waals surface area contributed by atoms with Crippen LogP contribution in [0.15, 0.2) is 24.3 Å². The molecular formula is C14H23NO3. The quantitative estimate of drug-likeness (QED) is 0.756. The number of rotatable bonds is 7. The summed E-state index contributed by atoms with van der Waals surface area (Å²) < 4.78 is 16.1. The van der Waals surface area contributed by atoms with Gasteiger partial charge in [0.2, 0.25) is 0 Å². The lowest BCUT2D eigenvalue weighted by Gasteiger charge is -2.31. The lowest BCUT2D eigenvalue weighted by molar-refractivity contribution is -0.000829. The van der Waals surface area contributed by atoms with Crippen molar-refractivity contribution in [3.63, 3.8) is 0 Å². The highest BCUT2D eigenvalue weighted by atomic mass is 16.5. The minimum Gasteiger partial charge on any atom is -0.491 e. The molecule has 1 aromatic rings. The smallest absolute Gasteiger partial charge is 0.124 e. The maximum Gasteiger partial charge on any atom is 0.124 e. The number of para-hydroxylation sites is 1. The average Bonchev–Trinajstić information content (AvgIpc) is 2.39. The van der Waals surface area contributed by atoms with E-state index in [0.29, 0.717) is 13.2 Å². The molecule has 0 aliphatic heterocycles. The van der Waals surface area contributed by atoms with Crippen molar-refractivity contribution in [2.45, 2.75) is 25.5 Å². The van der Waals surface area contributed by atoms with E-state index in [2.05, 4.69) is 0 Å². The Morgan fingerprint density at radius 2 is 1.83 bits per heavy atom. The molecule has 0 bridgehead atoms. The Morgan fingerprint density at radius 1 is 1.17 bits per heavy atom. The molecule has 0 radical (unpaired) electrons. The molecule has 0 amide bonds. The van der Waals surface area contributed by atoms with Gasteiger partial charge in [-0.1, -0.05) is 18.2 Å². The standard InChI is InChI=1S/C14H23NO3/c1-14(2,17-4)13(15)11-7-5-6-8-12(11)18-10-9-16-3/h5-8,13H,9-10,15H2,1-4H3. The van der Waals surface area contributed by atoms with Gasteiger partial charge in [-0.05, 0) is 19.9 Å². The zero-order chi connectivity index (χ0) is 13.6. The number of nitrogens with two attached hydrogens (primary N) is 1. The first-order chi connectivity index (χ1) is 8.53. The molecule has 102 valence electrons. The molecule has 0 aromatic heterocycles. The van der Waals surface area contributed by atoms with Gasteiger partial charge in [0.05, 0.1) is 18.2 Å². The molecule has 0 aliphatic carbocycles. The summed E-state index contributed by atoms with van der Waals surface area (Å²) in [4.78, 5) is 0. The van der Waals surface area contributed by atoms with E-state index in [1.807, 2.05) is 38.1 Å². The van der Waals surface area contributed by atoms with Gasteiger partial charge in [0.15, 0.2) is 0 Å². The summed E-state index contributed by atoms with van der Waals surface area (Å²) in [7, 11) is 3.31. The third-order valence-electron chi connectivity index (χ3n) is 3.07. The third-order valence-corrected chi connectivity index (χ3v) is 3.07. The summed E-state index contributed by atoms with van der Waals surface area (Å²) in [5.74, 6) is 0.784. The Balaban J connectivity index is 2.87. The van der Waals surface area contributed by atoms with Crippen molar-refractivity contribution in [1.82, 2.24) is 0 Å². The Kier molecular flexibility index (Phi) is 5.59.